The summed E-state index contributed by atoms with van der Waals surface area (Å²) in [4.78, 5) is 13.0. The average Bonchev–Trinajstić information content (AvgIpc) is 3.38. The number of carbonyl (C=O) groups is 1. The number of Topliss-reactive ketones (excluding diaryl/α,β-unsaturated/α-hetero) is 1. The van der Waals surface area contributed by atoms with E-state index in [0.29, 0.717) is 16.9 Å². The second-order valence-corrected chi connectivity index (χ2v) is 8.42. The van der Waals surface area contributed by atoms with E-state index in [4.69, 9.17) is 14.2 Å². The van der Waals surface area contributed by atoms with Crippen LogP contribution in [0.25, 0.3) is 17.0 Å². The Morgan fingerprint density at radius 2 is 1.65 bits per heavy atom. The molecule has 0 unspecified atom stereocenters. The van der Waals surface area contributed by atoms with Crippen LogP contribution in [-0.4, -0.2) is 17.5 Å². The Balaban J connectivity index is 1.45. The molecule has 0 saturated heterocycles. The van der Waals surface area contributed by atoms with E-state index in [1.807, 2.05) is 36.0 Å². The van der Waals surface area contributed by atoms with Crippen molar-refractivity contribution in [2.45, 2.75) is 13.5 Å². The zero-order valence-corrected chi connectivity index (χ0v) is 19.7. The molecule has 5 nitrogen and oxygen atoms in total. The molecule has 1 aromatic heterocycles. The maximum absolute atomic E-state index is 14.0. The summed E-state index contributed by atoms with van der Waals surface area (Å²) >= 11 is 0. The molecule has 0 spiro atoms. The van der Waals surface area contributed by atoms with E-state index < -0.39 is 41.3 Å². The van der Waals surface area contributed by atoms with Crippen molar-refractivity contribution in [3.8, 4) is 17.2 Å². The van der Waals surface area contributed by atoms with Crippen LogP contribution in [0.1, 0.15) is 27.0 Å². The summed E-state index contributed by atoms with van der Waals surface area (Å²) in [5, 5.41) is 0.838. The summed E-state index contributed by atoms with van der Waals surface area (Å²) in [5.41, 5.74) is 1.08. The highest BCUT2D eigenvalue weighted by Gasteiger charge is 2.31. The molecule has 0 saturated carbocycles. The number of ether oxygens (including phenoxy) is 3. The summed E-state index contributed by atoms with van der Waals surface area (Å²) in [6.07, 6.45) is 3.43. The van der Waals surface area contributed by atoms with Crippen molar-refractivity contribution in [1.29, 1.82) is 0 Å². The first-order chi connectivity index (χ1) is 17.6. The summed E-state index contributed by atoms with van der Waals surface area (Å²) in [5.74, 6) is -9.78. The van der Waals surface area contributed by atoms with E-state index >= 15 is 0 Å². The summed E-state index contributed by atoms with van der Waals surface area (Å²) < 4.78 is 86.7. The van der Waals surface area contributed by atoms with Crippen LogP contribution in [0.5, 0.6) is 17.2 Å². The van der Waals surface area contributed by atoms with Crippen molar-refractivity contribution < 1.29 is 41.0 Å². The van der Waals surface area contributed by atoms with Gasteiger partial charge in [-0.3, -0.25) is 4.79 Å². The number of aromatic nitrogens is 1. The lowest BCUT2D eigenvalue weighted by atomic mass is 10.1. The van der Waals surface area contributed by atoms with Crippen molar-refractivity contribution in [2.75, 3.05) is 7.11 Å². The molecule has 0 amide bonds. The van der Waals surface area contributed by atoms with E-state index in [2.05, 4.69) is 0 Å². The predicted octanol–water partition coefficient (Wildman–Crippen LogP) is 6.39. The Labute approximate surface area is 207 Å². The molecule has 5 rings (SSSR count). The second-order valence-electron chi connectivity index (χ2n) is 8.42. The number of hydrogen-bond donors (Lipinski definition) is 0. The van der Waals surface area contributed by atoms with Gasteiger partial charge in [-0.1, -0.05) is 0 Å². The molecular formula is C27H18F5NO4. The number of nitrogens with zero attached hydrogens (tertiary/aromatic N) is 1. The number of carbonyl (C=O) groups excluding carboxylic acids is 1. The molecule has 37 heavy (non-hydrogen) atoms. The Morgan fingerprint density at radius 1 is 0.973 bits per heavy atom. The zero-order valence-electron chi connectivity index (χ0n) is 19.7. The fraction of sp³-hybridized carbons (Fsp3) is 0.148. The van der Waals surface area contributed by atoms with Gasteiger partial charge in [-0.25, -0.2) is 22.0 Å². The van der Waals surface area contributed by atoms with Gasteiger partial charge in [0.15, 0.2) is 29.0 Å². The third-order valence-electron chi connectivity index (χ3n) is 6.22. The lowest BCUT2D eigenvalue weighted by Gasteiger charge is -2.13. The van der Waals surface area contributed by atoms with Gasteiger partial charge in [0.1, 0.15) is 23.9 Å². The number of benzene rings is 3. The maximum atomic E-state index is 14.0. The van der Waals surface area contributed by atoms with Crippen LogP contribution in [0.15, 0.2) is 42.3 Å². The minimum Gasteiger partial charge on any atom is -0.497 e. The van der Waals surface area contributed by atoms with Crippen molar-refractivity contribution >= 4 is 22.8 Å². The monoisotopic (exact) mass is 515 g/mol. The van der Waals surface area contributed by atoms with Gasteiger partial charge in [0, 0.05) is 35.3 Å². The molecule has 10 heteroatoms. The first kappa shape index (κ1) is 24.4. The SMILES string of the molecule is COc1ccc2c(c1)c(/C=C1\Oc3c(ccc(OCc4c(F)c(F)c(F)c(F)c4F)c3C)C1=O)cn2C. The van der Waals surface area contributed by atoms with Gasteiger partial charge in [-0.2, -0.15) is 0 Å². The first-order valence-electron chi connectivity index (χ1n) is 11.0. The molecule has 0 aliphatic carbocycles. The maximum Gasteiger partial charge on any atom is 0.231 e. The number of halogens is 5. The highest BCUT2D eigenvalue weighted by Crippen LogP contribution is 2.40. The lowest BCUT2D eigenvalue weighted by molar-refractivity contribution is 0.101. The molecule has 1 aliphatic rings. The Bertz CT molecular complexity index is 1610. The normalized spacial score (nSPS) is 13.8. The van der Waals surface area contributed by atoms with Crippen LogP contribution in [0.3, 0.4) is 0 Å². The fourth-order valence-corrected chi connectivity index (χ4v) is 4.24. The second kappa shape index (κ2) is 8.95. The van der Waals surface area contributed by atoms with E-state index in [1.165, 1.54) is 12.1 Å². The van der Waals surface area contributed by atoms with E-state index in [0.717, 1.165) is 10.9 Å². The van der Waals surface area contributed by atoms with E-state index in [-0.39, 0.29) is 28.6 Å². The van der Waals surface area contributed by atoms with Gasteiger partial charge >= 0.3 is 0 Å². The molecular weight excluding hydrogens is 497 g/mol. The number of methoxy groups -OCH3 is 1. The third-order valence-corrected chi connectivity index (χ3v) is 6.22. The van der Waals surface area contributed by atoms with Gasteiger partial charge in [0.2, 0.25) is 11.6 Å². The highest BCUT2D eigenvalue weighted by atomic mass is 19.2. The van der Waals surface area contributed by atoms with Crippen LogP contribution in [0.4, 0.5) is 22.0 Å². The van der Waals surface area contributed by atoms with Gasteiger partial charge in [0.25, 0.3) is 0 Å². The van der Waals surface area contributed by atoms with E-state index in [9.17, 15) is 26.7 Å². The Morgan fingerprint density at radius 3 is 2.32 bits per heavy atom. The Hall–Kier alpha value is -4.34. The van der Waals surface area contributed by atoms with Crippen LogP contribution < -0.4 is 14.2 Å². The molecule has 1 aliphatic heterocycles. The van der Waals surface area contributed by atoms with Crippen LogP contribution in [-0.2, 0) is 13.7 Å². The number of ketones is 1. The van der Waals surface area contributed by atoms with Crippen LogP contribution >= 0.6 is 0 Å². The number of allylic oxidation sites excluding steroid dienone is 1. The minimum absolute atomic E-state index is 0.0466. The average molecular weight is 515 g/mol. The molecule has 0 N–H and O–H groups in total. The van der Waals surface area contributed by atoms with Crippen molar-refractivity contribution in [3.63, 3.8) is 0 Å². The summed E-state index contributed by atoms with van der Waals surface area (Å²) in [6, 6.07) is 8.33. The number of hydrogen-bond acceptors (Lipinski definition) is 4. The molecule has 2 heterocycles. The van der Waals surface area contributed by atoms with Gasteiger partial charge in [-0.05, 0) is 43.3 Å². The van der Waals surface area contributed by atoms with Crippen LogP contribution in [0, 0.1) is 36.0 Å². The van der Waals surface area contributed by atoms with E-state index in [1.54, 1.807) is 20.1 Å². The molecule has 190 valence electrons. The minimum atomic E-state index is -2.25. The van der Waals surface area contributed by atoms with Gasteiger partial charge in [0.05, 0.1) is 18.2 Å². The largest absolute Gasteiger partial charge is 0.497 e. The zero-order chi connectivity index (χ0) is 26.6. The molecule has 0 radical (unpaired) electrons. The number of aryl methyl sites for hydroxylation is 1. The molecule has 0 atom stereocenters. The first-order valence-corrected chi connectivity index (χ1v) is 11.0. The smallest absolute Gasteiger partial charge is 0.231 e. The summed E-state index contributed by atoms with van der Waals surface area (Å²) in [6.45, 7) is 0.617. The predicted molar refractivity (Wildman–Crippen MR) is 124 cm³/mol. The fourth-order valence-electron chi connectivity index (χ4n) is 4.24. The van der Waals surface area contributed by atoms with Gasteiger partial charge in [-0.15, -0.1) is 0 Å². The highest BCUT2D eigenvalue weighted by molar-refractivity contribution is 6.15. The van der Waals surface area contributed by atoms with Crippen LogP contribution in [0.2, 0.25) is 0 Å². The Kier molecular flexibility index (Phi) is 5.89. The quantitative estimate of drug-likeness (QED) is 0.134. The van der Waals surface area contributed by atoms with Crippen molar-refractivity contribution in [2.24, 2.45) is 7.05 Å². The number of fused-ring (bicyclic) bond motifs is 2. The third kappa shape index (κ3) is 3.89. The summed E-state index contributed by atoms with van der Waals surface area (Å²) in [7, 11) is 3.41. The molecule has 3 aromatic carbocycles. The van der Waals surface area contributed by atoms with Gasteiger partial charge < -0.3 is 18.8 Å². The number of rotatable bonds is 5. The standard InChI is InChI=1S/C27H18F5NO4/c1-12-19(36-11-17-21(28)23(30)25(32)24(31)22(17)29)7-5-15-26(34)20(37-27(12)15)8-13-10-33(2)18-6-4-14(35-3)9-16(13)18/h4-10H,11H2,1-3H3/b20-8-. The molecule has 0 fully saturated rings. The van der Waals surface area contributed by atoms with Crippen molar-refractivity contribution in [3.05, 3.63) is 93.6 Å². The molecule has 4 aromatic rings. The lowest BCUT2D eigenvalue weighted by Crippen LogP contribution is -2.10. The topological polar surface area (TPSA) is 49.7 Å². The van der Waals surface area contributed by atoms with Crippen molar-refractivity contribution in [1.82, 2.24) is 4.57 Å². The molecule has 0 bridgehead atoms.